The average Bonchev–Trinajstić information content (AvgIpc) is 3.06. The summed E-state index contributed by atoms with van der Waals surface area (Å²) in [4.78, 5) is 33.3. The van der Waals surface area contributed by atoms with Crippen molar-refractivity contribution in [1.82, 2.24) is 31.2 Å². The van der Waals surface area contributed by atoms with E-state index in [4.69, 9.17) is 9.47 Å². The van der Waals surface area contributed by atoms with Gasteiger partial charge in [-0.1, -0.05) is 12.1 Å². The number of fused-ring (bicyclic) bond motifs is 2. The van der Waals surface area contributed by atoms with Crippen molar-refractivity contribution in [2.45, 2.75) is 51.6 Å². The fraction of sp³-hybridized carbons (Fsp3) is 0.412. The number of benzene rings is 2. The number of pyridine rings is 2. The van der Waals surface area contributed by atoms with Gasteiger partial charge in [0.25, 0.3) is 0 Å². The first-order valence-electron chi connectivity index (χ1n) is 15.8. The molecule has 246 valence electrons. The van der Waals surface area contributed by atoms with Crippen LogP contribution in [0.25, 0.3) is 21.8 Å². The molecule has 2 unspecified atom stereocenters. The van der Waals surface area contributed by atoms with Gasteiger partial charge in [0.2, 0.25) is 0 Å². The van der Waals surface area contributed by atoms with Crippen LogP contribution in [0.4, 0.5) is 21.0 Å². The van der Waals surface area contributed by atoms with E-state index in [2.05, 4.69) is 55.7 Å². The Labute approximate surface area is 270 Å². The van der Waals surface area contributed by atoms with Crippen LogP contribution in [0.1, 0.15) is 39.5 Å². The molecule has 0 saturated heterocycles. The second-order valence-corrected chi connectivity index (χ2v) is 11.2. The molecule has 12 heteroatoms. The maximum Gasteiger partial charge on any atom is 0.314 e. The molecule has 2 atom stereocenters. The normalized spacial score (nSPS) is 12.2. The molecule has 0 aliphatic heterocycles. The van der Waals surface area contributed by atoms with Crippen molar-refractivity contribution < 1.29 is 19.1 Å². The lowest BCUT2D eigenvalue weighted by Crippen LogP contribution is -2.43. The second kappa shape index (κ2) is 17.5. The van der Waals surface area contributed by atoms with E-state index in [1.165, 1.54) is 0 Å². The molecule has 2 heterocycles. The van der Waals surface area contributed by atoms with E-state index in [1.807, 2.05) is 48.5 Å². The summed E-state index contributed by atoms with van der Waals surface area (Å²) >= 11 is 0. The Kier molecular flexibility index (Phi) is 12.9. The van der Waals surface area contributed by atoms with Gasteiger partial charge in [0.1, 0.15) is 11.5 Å². The van der Waals surface area contributed by atoms with E-state index < -0.39 is 0 Å². The third-order valence-corrected chi connectivity index (χ3v) is 7.53. The van der Waals surface area contributed by atoms with Crippen LogP contribution in [0, 0.1) is 0 Å². The maximum atomic E-state index is 12.1. The number of amides is 4. The molecule has 2 aromatic heterocycles. The zero-order valence-electron chi connectivity index (χ0n) is 27.1. The minimum absolute atomic E-state index is 0.176. The van der Waals surface area contributed by atoms with E-state index in [9.17, 15) is 9.59 Å². The van der Waals surface area contributed by atoms with Gasteiger partial charge in [0.15, 0.2) is 0 Å². The van der Waals surface area contributed by atoms with Crippen molar-refractivity contribution in [3.63, 3.8) is 0 Å². The number of nitrogens with zero attached hydrogens (tertiary/aromatic N) is 2. The van der Waals surface area contributed by atoms with Gasteiger partial charge in [-0.25, -0.2) is 9.59 Å². The van der Waals surface area contributed by atoms with Crippen molar-refractivity contribution in [3.8, 4) is 11.5 Å². The summed E-state index contributed by atoms with van der Waals surface area (Å²) in [6.45, 7) is 5.95. The Hall–Kier alpha value is -5.00. The summed E-state index contributed by atoms with van der Waals surface area (Å²) < 4.78 is 10.9. The first-order valence-corrected chi connectivity index (χ1v) is 15.8. The summed E-state index contributed by atoms with van der Waals surface area (Å²) in [5.74, 6) is 1.55. The number of ether oxygens (including phenoxy) is 2. The zero-order valence-corrected chi connectivity index (χ0v) is 27.1. The number of carbonyl (C=O) groups excluding carboxylic acids is 2. The largest absolute Gasteiger partial charge is 0.497 e. The molecule has 0 spiro atoms. The summed E-state index contributed by atoms with van der Waals surface area (Å²) in [7, 11) is 3.30. The van der Waals surface area contributed by atoms with E-state index in [0.29, 0.717) is 26.2 Å². The molecule has 6 N–H and O–H groups in total. The van der Waals surface area contributed by atoms with Gasteiger partial charge in [-0.15, -0.1) is 0 Å². The molecule has 2 aromatic carbocycles. The number of anilines is 2. The summed E-state index contributed by atoms with van der Waals surface area (Å²) in [5.41, 5.74) is 3.64. The van der Waals surface area contributed by atoms with Gasteiger partial charge in [0, 0.05) is 73.6 Å². The molecule has 0 aliphatic carbocycles. The predicted octanol–water partition coefficient (Wildman–Crippen LogP) is 5.26. The van der Waals surface area contributed by atoms with Crippen LogP contribution in [0.5, 0.6) is 11.5 Å². The molecule has 4 aromatic rings. The molecular weight excluding hydrogens is 584 g/mol. The Balaban J connectivity index is 1.03. The summed E-state index contributed by atoms with van der Waals surface area (Å²) in [6.07, 6.45) is 6.88. The first-order chi connectivity index (χ1) is 22.4. The van der Waals surface area contributed by atoms with Crippen LogP contribution in [0.15, 0.2) is 60.9 Å². The number of hydrogen-bond donors (Lipinski definition) is 6. The molecular formula is C34H46N8O4. The van der Waals surface area contributed by atoms with Gasteiger partial charge < -0.3 is 41.4 Å². The van der Waals surface area contributed by atoms with E-state index >= 15 is 0 Å². The van der Waals surface area contributed by atoms with Gasteiger partial charge in [0.05, 0.1) is 36.6 Å². The minimum Gasteiger partial charge on any atom is -0.497 e. The monoisotopic (exact) mass is 630 g/mol. The highest BCUT2D eigenvalue weighted by Crippen LogP contribution is 2.29. The fourth-order valence-electron chi connectivity index (χ4n) is 5.16. The number of nitrogens with one attached hydrogen (secondary N) is 6. The summed E-state index contributed by atoms with van der Waals surface area (Å²) in [6, 6.07) is 15.5. The van der Waals surface area contributed by atoms with Gasteiger partial charge in [-0.3, -0.25) is 9.97 Å². The molecule has 4 amide bonds. The molecule has 4 rings (SSSR count). The number of rotatable bonds is 17. The molecule has 0 bridgehead atoms. The van der Waals surface area contributed by atoms with Crippen LogP contribution >= 0.6 is 0 Å². The lowest BCUT2D eigenvalue weighted by atomic mass is 10.1. The standard InChI is InChI=1S/C34H46N8O4/c1-23(41-29-21-27(45-3)19-25-11-7-13-35-31(25)29)9-5-15-37-33(43)39-17-18-40-34(44)38-16-6-10-24(2)42-30-22-28(46-4)20-26-12-8-14-36-32(26)30/h7-8,11-14,19-24,41-42H,5-6,9-10,15-18H2,1-4H3,(H2,37,39,43)(H2,38,40,44). The lowest BCUT2D eigenvalue weighted by Gasteiger charge is -2.18. The van der Waals surface area contributed by atoms with Crippen LogP contribution in [0.2, 0.25) is 0 Å². The molecule has 0 radical (unpaired) electrons. The number of methoxy groups -OCH3 is 2. The lowest BCUT2D eigenvalue weighted by molar-refractivity contribution is 0.236. The second-order valence-electron chi connectivity index (χ2n) is 11.2. The molecule has 0 saturated carbocycles. The van der Waals surface area contributed by atoms with Crippen LogP contribution in [-0.2, 0) is 0 Å². The fourth-order valence-corrected chi connectivity index (χ4v) is 5.16. The van der Waals surface area contributed by atoms with E-state index in [1.54, 1.807) is 26.6 Å². The van der Waals surface area contributed by atoms with E-state index in [0.717, 1.165) is 70.4 Å². The number of urea groups is 2. The van der Waals surface area contributed by atoms with Gasteiger partial charge >= 0.3 is 12.1 Å². The van der Waals surface area contributed by atoms with Crippen LogP contribution < -0.4 is 41.4 Å². The average molecular weight is 631 g/mol. The smallest absolute Gasteiger partial charge is 0.314 e. The Morgan fingerprint density at radius 3 is 1.48 bits per heavy atom. The van der Waals surface area contributed by atoms with Crippen LogP contribution in [-0.4, -0.2) is 74.5 Å². The quantitative estimate of drug-likeness (QED) is 0.0865. The van der Waals surface area contributed by atoms with Crippen molar-refractivity contribution in [3.05, 3.63) is 60.9 Å². The van der Waals surface area contributed by atoms with Crippen molar-refractivity contribution in [2.75, 3.05) is 51.0 Å². The Morgan fingerprint density at radius 2 is 1.07 bits per heavy atom. The van der Waals surface area contributed by atoms with Crippen LogP contribution in [0.3, 0.4) is 0 Å². The zero-order chi connectivity index (χ0) is 32.7. The Bertz CT molecular complexity index is 1470. The van der Waals surface area contributed by atoms with Crippen molar-refractivity contribution in [1.29, 1.82) is 0 Å². The van der Waals surface area contributed by atoms with E-state index in [-0.39, 0.29) is 24.1 Å². The third-order valence-electron chi connectivity index (χ3n) is 7.53. The third kappa shape index (κ3) is 10.3. The first kappa shape index (κ1) is 33.9. The highest BCUT2D eigenvalue weighted by molar-refractivity contribution is 5.92. The number of aromatic nitrogens is 2. The number of carbonyl (C=O) groups is 2. The maximum absolute atomic E-state index is 12.1. The number of hydrogen-bond acceptors (Lipinski definition) is 8. The SMILES string of the molecule is COc1cc(NC(C)CCCNC(=O)NCCNC(=O)NCCCC(C)Nc2cc(OC)cc3cccnc23)c2ncccc2c1. The topological polar surface area (TPSA) is 151 Å². The minimum atomic E-state index is -0.258. The highest BCUT2D eigenvalue weighted by atomic mass is 16.5. The molecule has 0 aliphatic rings. The molecule has 0 fully saturated rings. The van der Waals surface area contributed by atoms with Crippen molar-refractivity contribution >= 4 is 45.2 Å². The molecule has 12 nitrogen and oxygen atoms in total. The predicted molar refractivity (Wildman–Crippen MR) is 184 cm³/mol. The van der Waals surface area contributed by atoms with Crippen molar-refractivity contribution in [2.24, 2.45) is 0 Å². The summed E-state index contributed by atoms with van der Waals surface area (Å²) in [5, 5.41) is 20.3. The van der Waals surface area contributed by atoms with Gasteiger partial charge in [-0.2, -0.15) is 0 Å². The molecule has 46 heavy (non-hydrogen) atoms. The highest BCUT2D eigenvalue weighted by Gasteiger charge is 2.11. The van der Waals surface area contributed by atoms with Gasteiger partial charge in [-0.05, 0) is 63.8 Å². The Morgan fingerprint density at radius 1 is 0.652 bits per heavy atom.